The van der Waals surface area contributed by atoms with Crippen molar-refractivity contribution in [3.8, 4) is 0 Å². The van der Waals surface area contributed by atoms with Gasteiger partial charge in [-0.05, 0) is 43.0 Å². The zero-order valence-corrected chi connectivity index (χ0v) is 11.7. The van der Waals surface area contributed by atoms with Crippen LogP contribution in [-0.2, 0) is 11.2 Å². The second-order valence-electron chi connectivity index (χ2n) is 3.72. The van der Waals surface area contributed by atoms with Crippen LogP contribution >= 0.6 is 24.2 Å². The Morgan fingerprint density at radius 2 is 2.00 bits per heavy atom. The van der Waals surface area contributed by atoms with Crippen molar-refractivity contribution in [2.24, 2.45) is 5.73 Å². The number of anilines is 1. The number of hydrogen-bond acceptors (Lipinski definition) is 3. The standard InChI is InChI=1S/C12H18N2OS.ClH/c1-9(13)12(15)14-11-5-3-10(4-6-11)7-8-16-2;/h3-6,9H,7-8,13H2,1-2H3,(H,14,15);1H/t9-;/m0./s1. The summed E-state index contributed by atoms with van der Waals surface area (Å²) >= 11 is 1.83. The van der Waals surface area contributed by atoms with Crippen LogP contribution in [-0.4, -0.2) is 24.0 Å². The smallest absolute Gasteiger partial charge is 0.240 e. The average Bonchev–Trinajstić information content (AvgIpc) is 2.28. The van der Waals surface area contributed by atoms with E-state index in [1.165, 1.54) is 5.56 Å². The fourth-order valence-corrected chi connectivity index (χ4v) is 1.67. The van der Waals surface area contributed by atoms with E-state index in [-0.39, 0.29) is 18.3 Å². The lowest BCUT2D eigenvalue weighted by molar-refractivity contribution is -0.117. The molecule has 0 aromatic heterocycles. The van der Waals surface area contributed by atoms with Crippen LogP contribution in [0.2, 0.25) is 0 Å². The molecule has 1 aromatic rings. The fraction of sp³-hybridized carbons (Fsp3) is 0.417. The molecule has 0 aliphatic rings. The maximum Gasteiger partial charge on any atom is 0.240 e. The lowest BCUT2D eigenvalue weighted by Crippen LogP contribution is -2.32. The first kappa shape index (κ1) is 16.3. The van der Waals surface area contributed by atoms with Gasteiger partial charge in [0, 0.05) is 5.69 Å². The summed E-state index contributed by atoms with van der Waals surface area (Å²) in [7, 11) is 0. The van der Waals surface area contributed by atoms with Crippen molar-refractivity contribution < 1.29 is 4.79 Å². The van der Waals surface area contributed by atoms with Crippen LogP contribution in [0, 0.1) is 0 Å². The molecule has 0 saturated carbocycles. The third-order valence-corrected chi connectivity index (χ3v) is 2.84. The van der Waals surface area contributed by atoms with Crippen molar-refractivity contribution >= 4 is 35.8 Å². The van der Waals surface area contributed by atoms with E-state index in [2.05, 4.69) is 11.6 Å². The Morgan fingerprint density at radius 3 is 2.47 bits per heavy atom. The molecule has 1 rings (SSSR count). The molecular formula is C12H19ClN2OS. The number of thioether (sulfide) groups is 1. The van der Waals surface area contributed by atoms with Crippen LogP contribution < -0.4 is 11.1 Å². The molecule has 0 spiro atoms. The topological polar surface area (TPSA) is 55.1 Å². The first-order valence-corrected chi connectivity index (χ1v) is 6.67. The van der Waals surface area contributed by atoms with E-state index in [1.54, 1.807) is 6.92 Å². The molecule has 0 saturated heterocycles. The molecule has 0 bridgehead atoms. The molecule has 3 N–H and O–H groups in total. The van der Waals surface area contributed by atoms with Gasteiger partial charge in [-0.25, -0.2) is 0 Å². The van der Waals surface area contributed by atoms with Gasteiger partial charge in [-0.1, -0.05) is 12.1 Å². The van der Waals surface area contributed by atoms with Crippen molar-refractivity contribution in [2.75, 3.05) is 17.3 Å². The summed E-state index contributed by atoms with van der Waals surface area (Å²) in [5.41, 5.74) is 7.55. The highest BCUT2D eigenvalue weighted by Gasteiger charge is 2.06. The first-order valence-electron chi connectivity index (χ1n) is 5.28. The summed E-state index contributed by atoms with van der Waals surface area (Å²) in [6.07, 6.45) is 3.15. The quantitative estimate of drug-likeness (QED) is 0.866. The first-order chi connectivity index (χ1) is 7.63. The minimum absolute atomic E-state index is 0. The van der Waals surface area contributed by atoms with E-state index < -0.39 is 6.04 Å². The molecule has 5 heteroatoms. The summed E-state index contributed by atoms with van der Waals surface area (Å²) in [6, 6.07) is 7.42. The Hall–Kier alpha value is -0.710. The lowest BCUT2D eigenvalue weighted by Gasteiger charge is -2.08. The molecule has 0 aliphatic heterocycles. The van der Waals surface area contributed by atoms with Gasteiger partial charge in [0.1, 0.15) is 0 Å². The number of carbonyl (C=O) groups excluding carboxylic acids is 1. The molecular weight excluding hydrogens is 256 g/mol. The SMILES string of the molecule is CSCCc1ccc(NC(=O)[C@H](C)N)cc1.Cl. The Kier molecular flexibility index (Phi) is 8.04. The fourth-order valence-electron chi connectivity index (χ4n) is 1.23. The number of rotatable bonds is 5. The third kappa shape index (κ3) is 5.96. The molecule has 1 amide bonds. The molecule has 0 radical (unpaired) electrons. The zero-order chi connectivity index (χ0) is 12.0. The number of halogens is 1. The van der Waals surface area contributed by atoms with E-state index >= 15 is 0 Å². The molecule has 3 nitrogen and oxygen atoms in total. The predicted octanol–water partition coefficient (Wildman–Crippen LogP) is 2.30. The highest BCUT2D eigenvalue weighted by Crippen LogP contribution is 2.11. The molecule has 1 atom stereocenters. The van der Waals surface area contributed by atoms with Crippen LogP contribution in [0.4, 0.5) is 5.69 Å². The number of hydrogen-bond donors (Lipinski definition) is 2. The molecule has 0 aliphatic carbocycles. The monoisotopic (exact) mass is 274 g/mol. The summed E-state index contributed by atoms with van der Waals surface area (Å²) in [4.78, 5) is 11.3. The van der Waals surface area contributed by atoms with Crippen molar-refractivity contribution in [3.05, 3.63) is 29.8 Å². The van der Waals surface area contributed by atoms with E-state index in [4.69, 9.17) is 5.73 Å². The van der Waals surface area contributed by atoms with E-state index in [0.29, 0.717) is 0 Å². The summed E-state index contributed by atoms with van der Waals surface area (Å²) in [5, 5.41) is 2.76. The third-order valence-electron chi connectivity index (χ3n) is 2.23. The normalized spacial score (nSPS) is 11.5. The van der Waals surface area contributed by atoms with Crippen molar-refractivity contribution in [1.29, 1.82) is 0 Å². The summed E-state index contributed by atoms with van der Waals surface area (Å²) in [5.74, 6) is 0.961. The number of aryl methyl sites for hydroxylation is 1. The lowest BCUT2D eigenvalue weighted by atomic mass is 10.1. The minimum atomic E-state index is -0.476. The largest absolute Gasteiger partial charge is 0.325 e. The van der Waals surface area contributed by atoms with Gasteiger partial charge in [-0.15, -0.1) is 12.4 Å². The Bertz CT molecular complexity index is 341. The van der Waals surface area contributed by atoms with Gasteiger partial charge in [-0.3, -0.25) is 4.79 Å². The van der Waals surface area contributed by atoms with Crippen molar-refractivity contribution in [3.63, 3.8) is 0 Å². The van der Waals surface area contributed by atoms with Gasteiger partial charge in [0.2, 0.25) is 5.91 Å². The molecule has 0 unspecified atom stereocenters. The van der Waals surface area contributed by atoms with Crippen LogP contribution in [0.5, 0.6) is 0 Å². The Morgan fingerprint density at radius 1 is 1.41 bits per heavy atom. The number of carbonyl (C=O) groups is 1. The number of nitrogens with two attached hydrogens (primary N) is 1. The molecule has 96 valence electrons. The number of amides is 1. The maximum atomic E-state index is 11.3. The van der Waals surface area contributed by atoms with Crippen molar-refractivity contribution in [2.45, 2.75) is 19.4 Å². The Balaban J connectivity index is 0.00000256. The summed E-state index contributed by atoms with van der Waals surface area (Å²) in [6.45, 7) is 1.67. The highest BCUT2D eigenvalue weighted by molar-refractivity contribution is 7.98. The van der Waals surface area contributed by atoms with E-state index in [0.717, 1.165) is 17.9 Å². The van der Waals surface area contributed by atoms with Crippen molar-refractivity contribution in [1.82, 2.24) is 0 Å². The van der Waals surface area contributed by atoms with Gasteiger partial charge >= 0.3 is 0 Å². The van der Waals surface area contributed by atoms with Gasteiger partial charge in [0.05, 0.1) is 6.04 Å². The number of benzene rings is 1. The van der Waals surface area contributed by atoms with Gasteiger partial charge in [-0.2, -0.15) is 11.8 Å². The zero-order valence-electron chi connectivity index (χ0n) is 10.1. The molecule has 0 heterocycles. The minimum Gasteiger partial charge on any atom is -0.325 e. The van der Waals surface area contributed by atoms with E-state index in [1.807, 2.05) is 36.0 Å². The molecule has 0 fully saturated rings. The van der Waals surface area contributed by atoms with Gasteiger partial charge in [0.25, 0.3) is 0 Å². The van der Waals surface area contributed by atoms with Crippen LogP contribution in [0.3, 0.4) is 0 Å². The predicted molar refractivity (Wildman–Crippen MR) is 78.1 cm³/mol. The number of nitrogens with one attached hydrogen (secondary N) is 1. The van der Waals surface area contributed by atoms with Crippen LogP contribution in [0.25, 0.3) is 0 Å². The highest BCUT2D eigenvalue weighted by atomic mass is 35.5. The molecule has 17 heavy (non-hydrogen) atoms. The van der Waals surface area contributed by atoms with Gasteiger partial charge < -0.3 is 11.1 Å². The van der Waals surface area contributed by atoms with E-state index in [9.17, 15) is 4.79 Å². The van der Waals surface area contributed by atoms with Gasteiger partial charge in [0.15, 0.2) is 0 Å². The Labute approximate surface area is 113 Å². The summed E-state index contributed by atoms with van der Waals surface area (Å²) < 4.78 is 0. The van der Waals surface area contributed by atoms with Crippen LogP contribution in [0.15, 0.2) is 24.3 Å². The second-order valence-corrected chi connectivity index (χ2v) is 4.70. The maximum absolute atomic E-state index is 11.3. The molecule has 1 aromatic carbocycles. The van der Waals surface area contributed by atoms with Crippen LogP contribution in [0.1, 0.15) is 12.5 Å². The average molecular weight is 275 g/mol. The second kappa shape index (κ2) is 8.39.